The Morgan fingerprint density at radius 1 is 1.16 bits per heavy atom. The number of hydrogen-bond donors (Lipinski definition) is 1. The van der Waals surface area contributed by atoms with E-state index in [-0.39, 0.29) is 13.2 Å². The van der Waals surface area contributed by atoms with Gasteiger partial charge in [0.15, 0.2) is 6.61 Å². The van der Waals surface area contributed by atoms with Crippen molar-refractivity contribution in [3.05, 3.63) is 59.7 Å². The van der Waals surface area contributed by atoms with Gasteiger partial charge in [0.05, 0.1) is 11.8 Å². The van der Waals surface area contributed by atoms with Crippen LogP contribution in [0.15, 0.2) is 53.6 Å². The molecule has 1 N–H and O–H groups in total. The highest BCUT2D eigenvalue weighted by atomic mass is 16.5. The van der Waals surface area contributed by atoms with Crippen LogP contribution in [0.2, 0.25) is 0 Å². The predicted octanol–water partition coefficient (Wildman–Crippen LogP) is 2.10. The number of ether oxygens (including phenoxy) is 2. The number of hydrazone groups is 1. The third-order valence-electron chi connectivity index (χ3n) is 2.99. The lowest BCUT2D eigenvalue weighted by Gasteiger charge is -2.07. The van der Waals surface area contributed by atoms with Crippen molar-refractivity contribution in [1.82, 2.24) is 5.43 Å². The maximum atomic E-state index is 11.8. The zero-order chi connectivity index (χ0) is 17.9. The van der Waals surface area contributed by atoms with E-state index in [0.717, 1.165) is 0 Å². The van der Waals surface area contributed by atoms with Gasteiger partial charge in [0.25, 0.3) is 5.91 Å². The lowest BCUT2D eigenvalue weighted by Crippen LogP contribution is -2.24. The number of hydrogen-bond acceptors (Lipinski definition) is 5. The molecule has 0 aromatic heterocycles. The van der Waals surface area contributed by atoms with Gasteiger partial charge in [0.2, 0.25) is 0 Å². The SMILES string of the molecule is C#CCOc1ccccc1/C=N\NC(=O)COc1ccccc1C#N. The smallest absolute Gasteiger partial charge is 0.277 e. The van der Waals surface area contributed by atoms with E-state index >= 15 is 0 Å². The molecule has 0 spiro atoms. The summed E-state index contributed by atoms with van der Waals surface area (Å²) in [5.74, 6) is 2.84. The first kappa shape index (κ1) is 17.6. The van der Waals surface area contributed by atoms with Gasteiger partial charge in [0, 0.05) is 5.56 Å². The molecule has 0 bridgehead atoms. The summed E-state index contributed by atoms with van der Waals surface area (Å²) >= 11 is 0. The molecule has 2 aromatic carbocycles. The number of benzene rings is 2. The van der Waals surface area contributed by atoms with E-state index in [1.54, 1.807) is 36.4 Å². The third-order valence-corrected chi connectivity index (χ3v) is 2.99. The Morgan fingerprint density at radius 3 is 2.64 bits per heavy atom. The molecule has 25 heavy (non-hydrogen) atoms. The normalized spacial score (nSPS) is 9.84. The Hall–Kier alpha value is -3.77. The van der Waals surface area contributed by atoms with Crippen LogP contribution >= 0.6 is 0 Å². The van der Waals surface area contributed by atoms with Gasteiger partial charge in [-0.1, -0.05) is 30.2 Å². The van der Waals surface area contributed by atoms with E-state index in [0.29, 0.717) is 22.6 Å². The van der Waals surface area contributed by atoms with E-state index in [9.17, 15) is 4.79 Å². The zero-order valence-corrected chi connectivity index (χ0v) is 13.3. The zero-order valence-electron chi connectivity index (χ0n) is 13.3. The second-order valence-corrected chi connectivity index (χ2v) is 4.72. The number of carbonyl (C=O) groups is 1. The highest BCUT2D eigenvalue weighted by Gasteiger charge is 2.05. The molecule has 6 heteroatoms. The number of para-hydroxylation sites is 2. The van der Waals surface area contributed by atoms with Crippen LogP contribution in [0, 0.1) is 23.7 Å². The van der Waals surface area contributed by atoms with Crippen LogP contribution in [-0.2, 0) is 4.79 Å². The minimum Gasteiger partial charge on any atom is -0.482 e. The van der Waals surface area contributed by atoms with E-state index in [2.05, 4.69) is 16.4 Å². The molecule has 0 heterocycles. The maximum absolute atomic E-state index is 11.8. The molecule has 6 nitrogen and oxygen atoms in total. The van der Waals surface area contributed by atoms with E-state index in [4.69, 9.17) is 21.2 Å². The molecule has 1 amide bonds. The minimum atomic E-state index is -0.453. The van der Waals surface area contributed by atoms with Crippen molar-refractivity contribution in [2.24, 2.45) is 5.10 Å². The molecule has 0 saturated carbocycles. The summed E-state index contributed by atoms with van der Waals surface area (Å²) in [6.45, 7) is -0.116. The highest BCUT2D eigenvalue weighted by molar-refractivity contribution is 5.85. The summed E-state index contributed by atoms with van der Waals surface area (Å²) in [6.07, 6.45) is 6.62. The van der Waals surface area contributed by atoms with Crippen molar-refractivity contribution in [3.8, 4) is 29.9 Å². The first-order valence-corrected chi connectivity index (χ1v) is 7.33. The molecular weight excluding hydrogens is 318 g/mol. The van der Waals surface area contributed by atoms with Gasteiger partial charge in [0.1, 0.15) is 24.2 Å². The molecule has 0 radical (unpaired) electrons. The lowest BCUT2D eigenvalue weighted by molar-refractivity contribution is -0.123. The summed E-state index contributed by atoms with van der Waals surface area (Å²) in [5, 5.41) is 12.8. The van der Waals surface area contributed by atoms with Crippen LogP contribution < -0.4 is 14.9 Å². The first-order valence-electron chi connectivity index (χ1n) is 7.33. The van der Waals surface area contributed by atoms with Crippen molar-refractivity contribution in [1.29, 1.82) is 5.26 Å². The maximum Gasteiger partial charge on any atom is 0.277 e. The third kappa shape index (κ3) is 5.42. The standard InChI is InChI=1S/C19H15N3O3/c1-2-11-24-18-10-6-4-8-16(18)13-21-22-19(23)14-25-17-9-5-3-7-15(17)12-20/h1,3-10,13H,11,14H2,(H,22,23)/b21-13-. The number of nitriles is 1. The molecule has 0 fully saturated rings. The second kappa shape index (κ2) is 9.39. The van der Waals surface area contributed by atoms with Gasteiger partial charge in [-0.15, -0.1) is 6.42 Å². The molecule has 0 aliphatic carbocycles. The fourth-order valence-corrected chi connectivity index (χ4v) is 1.87. The average Bonchev–Trinajstić information content (AvgIpc) is 2.65. The van der Waals surface area contributed by atoms with Gasteiger partial charge in [-0.05, 0) is 24.3 Å². The Labute approximate surface area is 145 Å². The van der Waals surface area contributed by atoms with Crippen molar-refractivity contribution in [2.75, 3.05) is 13.2 Å². The largest absolute Gasteiger partial charge is 0.482 e. The molecule has 2 rings (SSSR count). The Balaban J connectivity index is 1.89. The molecular formula is C19H15N3O3. The number of carbonyl (C=O) groups excluding carboxylic acids is 1. The van der Waals surface area contributed by atoms with E-state index in [1.165, 1.54) is 6.21 Å². The topological polar surface area (TPSA) is 83.7 Å². The summed E-state index contributed by atoms with van der Waals surface area (Å²) in [7, 11) is 0. The van der Waals surface area contributed by atoms with Gasteiger partial charge < -0.3 is 9.47 Å². The summed E-state index contributed by atoms with van der Waals surface area (Å²) in [4.78, 5) is 11.8. The van der Waals surface area contributed by atoms with Gasteiger partial charge in [-0.3, -0.25) is 4.79 Å². The summed E-state index contributed by atoms with van der Waals surface area (Å²) in [6, 6.07) is 15.8. The highest BCUT2D eigenvalue weighted by Crippen LogP contribution is 2.16. The van der Waals surface area contributed by atoms with Crippen LogP contribution in [0.4, 0.5) is 0 Å². The van der Waals surface area contributed by atoms with Crippen LogP contribution in [-0.4, -0.2) is 25.3 Å². The molecule has 124 valence electrons. The number of nitrogens with zero attached hydrogens (tertiary/aromatic N) is 2. The van der Waals surface area contributed by atoms with Crippen molar-refractivity contribution in [2.45, 2.75) is 0 Å². The van der Waals surface area contributed by atoms with Crippen LogP contribution in [0.1, 0.15) is 11.1 Å². The summed E-state index contributed by atoms with van der Waals surface area (Å²) in [5.41, 5.74) is 3.38. The number of amides is 1. The molecule has 0 saturated heterocycles. The first-order chi connectivity index (χ1) is 12.2. The van der Waals surface area contributed by atoms with Crippen molar-refractivity contribution < 1.29 is 14.3 Å². The Bertz CT molecular complexity index is 847. The summed E-state index contributed by atoms with van der Waals surface area (Å²) < 4.78 is 10.7. The van der Waals surface area contributed by atoms with Gasteiger partial charge in [-0.2, -0.15) is 10.4 Å². The van der Waals surface area contributed by atoms with E-state index in [1.807, 2.05) is 18.2 Å². The fraction of sp³-hybridized carbons (Fsp3) is 0.105. The lowest BCUT2D eigenvalue weighted by atomic mass is 10.2. The Kier molecular flexibility index (Phi) is 6.60. The number of terminal acetylenes is 1. The van der Waals surface area contributed by atoms with Crippen molar-refractivity contribution >= 4 is 12.1 Å². The van der Waals surface area contributed by atoms with Crippen LogP contribution in [0.5, 0.6) is 11.5 Å². The van der Waals surface area contributed by atoms with Crippen molar-refractivity contribution in [3.63, 3.8) is 0 Å². The minimum absolute atomic E-state index is 0.142. The van der Waals surface area contributed by atoms with Crippen LogP contribution in [0.25, 0.3) is 0 Å². The molecule has 0 atom stereocenters. The monoisotopic (exact) mass is 333 g/mol. The second-order valence-electron chi connectivity index (χ2n) is 4.72. The molecule has 0 aliphatic heterocycles. The number of rotatable bonds is 7. The van der Waals surface area contributed by atoms with Gasteiger partial charge in [-0.25, -0.2) is 5.43 Å². The predicted molar refractivity (Wildman–Crippen MR) is 93.2 cm³/mol. The molecule has 2 aromatic rings. The molecule has 0 unspecified atom stereocenters. The quantitative estimate of drug-likeness (QED) is 0.478. The van der Waals surface area contributed by atoms with Crippen LogP contribution in [0.3, 0.4) is 0 Å². The Morgan fingerprint density at radius 2 is 1.88 bits per heavy atom. The molecule has 0 aliphatic rings. The fourth-order valence-electron chi connectivity index (χ4n) is 1.87. The average molecular weight is 333 g/mol. The number of nitrogens with one attached hydrogen (secondary N) is 1. The van der Waals surface area contributed by atoms with E-state index < -0.39 is 5.91 Å². The van der Waals surface area contributed by atoms with Gasteiger partial charge >= 0.3 is 0 Å².